The van der Waals surface area contributed by atoms with Crippen LogP contribution < -0.4 is 5.56 Å². The molecule has 0 spiro atoms. The zero-order chi connectivity index (χ0) is 12.4. The van der Waals surface area contributed by atoms with E-state index in [-0.39, 0.29) is 11.6 Å². The lowest BCUT2D eigenvalue weighted by Crippen LogP contribution is -2.23. The van der Waals surface area contributed by atoms with Gasteiger partial charge in [0, 0.05) is 23.7 Å². The van der Waals surface area contributed by atoms with Gasteiger partial charge < -0.3 is 0 Å². The molecule has 0 bridgehead atoms. The minimum Gasteiger partial charge on any atom is -0.290 e. The summed E-state index contributed by atoms with van der Waals surface area (Å²) in [6.45, 7) is 6.01. The summed E-state index contributed by atoms with van der Waals surface area (Å²) >= 11 is 0. The summed E-state index contributed by atoms with van der Waals surface area (Å²) in [4.78, 5) is 20.5. The van der Waals surface area contributed by atoms with E-state index >= 15 is 0 Å². The fourth-order valence-electron chi connectivity index (χ4n) is 2.10. The lowest BCUT2D eigenvalue weighted by molar-refractivity contribution is 0.498. The van der Waals surface area contributed by atoms with E-state index < -0.39 is 0 Å². The normalized spacial score (nSPS) is 12.9. The van der Waals surface area contributed by atoms with Gasteiger partial charge in [0.2, 0.25) is 0 Å². The number of fused-ring (bicyclic) bond motifs is 1. The highest BCUT2D eigenvalue weighted by Gasteiger charge is 2.11. The largest absolute Gasteiger partial charge is 0.290 e. The maximum absolute atomic E-state index is 12.0. The van der Waals surface area contributed by atoms with Crippen molar-refractivity contribution in [2.45, 2.75) is 39.7 Å². The molecule has 0 N–H and O–H groups in total. The average Bonchev–Trinajstić information content (AvgIpc) is 2.28. The number of aryl methyl sites for hydroxylation is 1. The maximum Gasteiger partial charge on any atom is 0.252 e. The van der Waals surface area contributed by atoms with Crippen molar-refractivity contribution in [1.29, 1.82) is 0 Å². The van der Waals surface area contributed by atoms with Crippen LogP contribution in [0.15, 0.2) is 23.1 Å². The molecule has 4 heteroatoms. The second kappa shape index (κ2) is 4.65. The Morgan fingerprint density at radius 3 is 2.88 bits per heavy atom. The fraction of sp³-hybridized carbons (Fsp3) is 0.462. The topological polar surface area (TPSA) is 47.8 Å². The van der Waals surface area contributed by atoms with Gasteiger partial charge in [-0.15, -0.1) is 0 Å². The second-order valence-electron chi connectivity index (χ2n) is 4.38. The second-order valence-corrected chi connectivity index (χ2v) is 4.38. The van der Waals surface area contributed by atoms with Gasteiger partial charge in [-0.2, -0.15) is 0 Å². The number of hydrogen-bond acceptors (Lipinski definition) is 3. The first-order valence-electron chi connectivity index (χ1n) is 5.98. The lowest BCUT2D eigenvalue weighted by atomic mass is 10.2. The first kappa shape index (κ1) is 11.8. The summed E-state index contributed by atoms with van der Waals surface area (Å²) in [7, 11) is 0. The molecule has 0 radical (unpaired) electrons. The summed E-state index contributed by atoms with van der Waals surface area (Å²) in [6.07, 6.45) is 3.79. The Labute approximate surface area is 100 Å². The Bertz CT molecular complexity index is 589. The monoisotopic (exact) mass is 231 g/mol. The number of aromatic nitrogens is 3. The fourth-order valence-corrected chi connectivity index (χ4v) is 2.10. The molecule has 90 valence electrons. The Morgan fingerprint density at radius 1 is 1.41 bits per heavy atom. The van der Waals surface area contributed by atoms with Crippen molar-refractivity contribution in [3.05, 3.63) is 34.5 Å². The van der Waals surface area contributed by atoms with Gasteiger partial charge in [0.25, 0.3) is 5.56 Å². The first-order valence-corrected chi connectivity index (χ1v) is 5.98. The third kappa shape index (κ3) is 2.20. The molecule has 2 aromatic rings. The number of hydrogen-bond donors (Lipinski definition) is 0. The maximum atomic E-state index is 12.0. The molecule has 0 aliphatic rings. The molecule has 0 amide bonds. The van der Waals surface area contributed by atoms with Crippen LogP contribution in [0.2, 0.25) is 0 Å². The predicted octanol–water partition coefficient (Wildman–Crippen LogP) is 2.46. The molecule has 0 fully saturated rings. The quantitative estimate of drug-likeness (QED) is 0.815. The van der Waals surface area contributed by atoms with Crippen molar-refractivity contribution in [1.82, 2.24) is 14.5 Å². The molecule has 1 unspecified atom stereocenters. The zero-order valence-electron chi connectivity index (χ0n) is 10.5. The van der Waals surface area contributed by atoms with Crippen LogP contribution >= 0.6 is 0 Å². The van der Waals surface area contributed by atoms with Crippen LogP contribution in [0.3, 0.4) is 0 Å². The summed E-state index contributed by atoms with van der Waals surface area (Å²) in [6, 6.07) is 3.55. The van der Waals surface area contributed by atoms with Crippen molar-refractivity contribution >= 4 is 11.0 Å². The minimum absolute atomic E-state index is 0.0107. The molecule has 17 heavy (non-hydrogen) atoms. The Kier molecular flexibility index (Phi) is 3.22. The van der Waals surface area contributed by atoms with Crippen LogP contribution in [0.1, 0.15) is 38.6 Å². The minimum atomic E-state index is 0.0107. The SMILES string of the molecule is CCCC(C)n1c(=O)ccc2cnc(C)nc21. The van der Waals surface area contributed by atoms with Crippen molar-refractivity contribution < 1.29 is 0 Å². The molecule has 0 aromatic carbocycles. The molecule has 0 aliphatic carbocycles. The Balaban J connectivity index is 2.70. The molecule has 0 aliphatic heterocycles. The van der Waals surface area contributed by atoms with E-state index in [0.717, 1.165) is 23.9 Å². The molecule has 1 atom stereocenters. The van der Waals surface area contributed by atoms with E-state index in [1.54, 1.807) is 22.9 Å². The smallest absolute Gasteiger partial charge is 0.252 e. The number of nitrogens with zero attached hydrogens (tertiary/aromatic N) is 3. The zero-order valence-corrected chi connectivity index (χ0v) is 10.5. The summed E-state index contributed by atoms with van der Waals surface area (Å²) in [5, 5.41) is 0.915. The third-order valence-electron chi connectivity index (χ3n) is 2.93. The van der Waals surface area contributed by atoms with Gasteiger partial charge in [0.05, 0.1) is 0 Å². The molecular weight excluding hydrogens is 214 g/mol. The van der Waals surface area contributed by atoms with Gasteiger partial charge in [-0.3, -0.25) is 9.36 Å². The van der Waals surface area contributed by atoms with E-state index in [1.165, 1.54) is 0 Å². The first-order chi connectivity index (χ1) is 8.13. The highest BCUT2D eigenvalue weighted by molar-refractivity contribution is 5.73. The third-order valence-corrected chi connectivity index (χ3v) is 2.93. The van der Waals surface area contributed by atoms with E-state index in [4.69, 9.17) is 0 Å². The van der Waals surface area contributed by atoms with Gasteiger partial charge in [-0.25, -0.2) is 9.97 Å². The van der Waals surface area contributed by atoms with Crippen LogP contribution in [-0.2, 0) is 0 Å². The van der Waals surface area contributed by atoms with Gasteiger partial charge >= 0.3 is 0 Å². The van der Waals surface area contributed by atoms with Gasteiger partial charge in [-0.05, 0) is 26.3 Å². The molecule has 0 saturated heterocycles. The van der Waals surface area contributed by atoms with Crippen molar-refractivity contribution in [2.75, 3.05) is 0 Å². The summed E-state index contributed by atoms with van der Waals surface area (Å²) in [5.74, 6) is 0.695. The van der Waals surface area contributed by atoms with Gasteiger partial charge in [-0.1, -0.05) is 13.3 Å². The molecule has 0 saturated carbocycles. The van der Waals surface area contributed by atoms with Crippen LogP contribution in [0.25, 0.3) is 11.0 Å². The van der Waals surface area contributed by atoms with E-state index in [9.17, 15) is 4.79 Å². The predicted molar refractivity (Wildman–Crippen MR) is 68.2 cm³/mol. The average molecular weight is 231 g/mol. The van der Waals surface area contributed by atoms with E-state index in [2.05, 4.69) is 23.8 Å². The number of pyridine rings is 1. The molecule has 4 nitrogen and oxygen atoms in total. The number of rotatable bonds is 3. The van der Waals surface area contributed by atoms with Crippen molar-refractivity contribution in [3.8, 4) is 0 Å². The highest BCUT2D eigenvalue weighted by Crippen LogP contribution is 2.16. The Hall–Kier alpha value is -1.71. The molecule has 2 rings (SSSR count). The van der Waals surface area contributed by atoms with Crippen LogP contribution in [0.4, 0.5) is 0 Å². The van der Waals surface area contributed by atoms with Crippen molar-refractivity contribution in [3.63, 3.8) is 0 Å². The summed E-state index contributed by atoms with van der Waals surface area (Å²) < 4.78 is 1.77. The summed E-state index contributed by atoms with van der Waals surface area (Å²) in [5.41, 5.74) is 0.752. The van der Waals surface area contributed by atoms with Crippen LogP contribution in [-0.4, -0.2) is 14.5 Å². The van der Waals surface area contributed by atoms with Crippen LogP contribution in [0.5, 0.6) is 0 Å². The van der Waals surface area contributed by atoms with E-state index in [1.807, 2.05) is 6.92 Å². The molecule has 2 aromatic heterocycles. The van der Waals surface area contributed by atoms with Crippen molar-refractivity contribution in [2.24, 2.45) is 0 Å². The van der Waals surface area contributed by atoms with Crippen LogP contribution in [0, 0.1) is 6.92 Å². The highest BCUT2D eigenvalue weighted by atomic mass is 16.1. The molecule has 2 heterocycles. The lowest BCUT2D eigenvalue weighted by Gasteiger charge is -2.16. The molecular formula is C13H17N3O. The standard InChI is InChI=1S/C13H17N3O/c1-4-5-9(2)16-12(17)7-6-11-8-14-10(3)15-13(11)16/h6-9H,4-5H2,1-3H3. The van der Waals surface area contributed by atoms with Gasteiger partial charge in [0.15, 0.2) is 0 Å². The van der Waals surface area contributed by atoms with E-state index in [0.29, 0.717) is 5.82 Å². The Morgan fingerprint density at radius 2 is 2.18 bits per heavy atom. The van der Waals surface area contributed by atoms with Gasteiger partial charge in [0.1, 0.15) is 11.5 Å².